The number of carbonyl (C=O) groups excluding carboxylic acids is 2. The van der Waals surface area contributed by atoms with Gasteiger partial charge in [-0.2, -0.15) is 0 Å². The molecule has 1 aromatic carbocycles. The van der Waals surface area contributed by atoms with E-state index in [0.717, 1.165) is 19.0 Å². The molecule has 0 spiro atoms. The maximum atomic E-state index is 13.4. The van der Waals surface area contributed by atoms with E-state index in [9.17, 15) is 14.0 Å². The number of ketones is 1. The first-order chi connectivity index (χ1) is 9.70. The van der Waals surface area contributed by atoms with Crippen LogP contribution in [0.25, 0.3) is 0 Å². The van der Waals surface area contributed by atoms with Crippen LogP contribution in [0.4, 0.5) is 10.1 Å². The lowest BCUT2D eigenvalue weighted by Gasteiger charge is -2.22. The Morgan fingerprint density at radius 3 is 2.52 bits per heavy atom. The van der Waals surface area contributed by atoms with Crippen molar-refractivity contribution in [2.45, 2.75) is 39.7 Å². The van der Waals surface area contributed by atoms with Crippen molar-refractivity contribution in [2.75, 3.05) is 18.0 Å². The molecule has 0 radical (unpaired) electrons. The fourth-order valence-corrected chi connectivity index (χ4v) is 2.52. The SMILES string of the molecule is Cc1cc(F)cc2c1N(CCCNC(C)(C)C)C(=O)C2=O. The number of anilines is 1. The number of aryl methyl sites for hydroxylation is 1. The lowest BCUT2D eigenvalue weighted by Crippen LogP contribution is -2.38. The molecule has 0 aliphatic carbocycles. The van der Waals surface area contributed by atoms with E-state index in [-0.39, 0.29) is 11.1 Å². The molecule has 0 bridgehead atoms. The Labute approximate surface area is 124 Å². The molecule has 0 fully saturated rings. The molecule has 5 heteroatoms. The number of rotatable bonds is 4. The highest BCUT2D eigenvalue weighted by atomic mass is 19.1. The van der Waals surface area contributed by atoms with Crippen LogP contribution in [-0.2, 0) is 4.79 Å². The molecule has 114 valence electrons. The summed E-state index contributed by atoms with van der Waals surface area (Å²) in [6.07, 6.45) is 0.729. The Morgan fingerprint density at radius 2 is 1.90 bits per heavy atom. The second-order valence-corrected chi connectivity index (χ2v) is 6.44. The topological polar surface area (TPSA) is 49.4 Å². The van der Waals surface area contributed by atoms with Gasteiger partial charge in [0.15, 0.2) is 0 Å². The average Bonchev–Trinajstić information content (AvgIpc) is 2.58. The number of Topliss-reactive ketones (excluding diaryl/α,β-unsaturated/α-hetero) is 1. The van der Waals surface area contributed by atoms with Crippen molar-refractivity contribution in [3.63, 3.8) is 0 Å². The van der Waals surface area contributed by atoms with Gasteiger partial charge in [-0.05, 0) is 58.4 Å². The predicted molar refractivity (Wildman–Crippen MR) is 80.2 cm³/mol. The fraction of sp³-hybridized carbons (Fsp3) is 0.500. The minimum atomic E-state index is -0.614. The lowest BCUT2D eigenvalue weighted by molar-refractivity contribution is -0.114. The summed E-state index contributed by atoms with van der Waals surface area (Å²) in [5, 5.41) is 3.34. The second kappa shape index (κ2) is 5.56. The van der Waals surface area contributed by atoms with E-state index in [1.165, 1.54) is 11.0 Å². The Morgan fingerprint density at radius 1 is 1.24 bits per heavy atom. The smallest absolute Gasteiger partial charge is 0.299 e. The first kappa shape index (κ1) is 15.6. The van der Waals surface area contributed by atoms with Crippen molar-refractivity contribution in [2.24, 2.45) is 0 Å². The number of nitrogens with one attached hydrogen (secondary N) is 1. The van der Waals surface area contributed by atoms with Crippen LogP contribution < -0.4 is 10.2 Å². The number of fused-ring (bicyclic) bond motifs is 1. The Bertz CT molecular complexity index is 591. The highest BCUT2D eigenvalue weighted by Gasteiger charge is 2.37. The summed E-state index contributed by atoms with van der Waals surface area (Å²) in [5.41, 5.74) is 1.37. The van der Waals surface area contributed by atoms with E-state index in [4.69, 9.17) is 0 Å². The summed E-state index contributed by atoms with van der Waals surface area (Å²) in [6, 6.07) is 2.50. The molecule has 0 aromatic heterocycles. The third-order valence-corrected chi connectivity index (χ3v) is 3.43. The average molecular weight is 292 g/mol. The van der Waals surface area contributed by atoms with Crippen molar-refractivity contribution >= 4 is 17.4 Å². The van der Waals surface area contributed by atoms with Gasteiger partial charge in [0.1, 0.15) is 5.82 Å². The number of benzene rings is 1. The van der Waals surface area contributed by atoms with E-state index in [1.807, 2.05) is 0 Å². The van der Waals surface area contributed by atoms with Crippen molar-refractivity contribution in [3.05, 3.63) is 29.1 Å². The zero-order valence-electron chi connectivity index (χ0n) is 12.9. The number of halogens is 1. The number of nitrogens with zero attached hydrogens (tertiary/aromatic N) is 1. The van der Waals surface area contributed by atoms with Gasteiger partial charge in [0, 0.05) is 12.1 Å². The number of hydrogen-bond donors (Lipinski definition) is 1. The summed E-state index contributed by atoms with van der Waals surface area (Å²) in [7, 11) is 0. The lowest BCUT2D eigenvalue weighted by atomic mass is 10.1. The van der Waals surface area contributed by atoms with Crippen LogP contribution in [0.5, 0.6) is 0 Å². The van der Waals surface area contributed by atoms with Crippen LogP contribution in [0.1, 0.15) is 43.1 Å². The second-order valence-electron chi connectivity index (χ2n) is 6.44. The fourth-order valence-electron chi connectivity index (χ4n) is 2.52. The van der Waals surface area contributed by atoms with Gasteiger partial charge >= 0.3 is 0 Å². The van der Waals surface area contributed by atoms with Crippen molar-refractivity contribution in [3.8, 4) is 0 Å². The van der Waals surface area contributed by atoms with Crippen LogP contribution >= 0.6 is 0 Å². The van der Waals surface area contributed by atoms with Gasteiger partial charge in [-0.1, -0.05) is 0 Å². The molecule has 4 nitrogen and oxygen atoms in total. The van der Waals surface area contributed by atoms with E-state index < -0.39 is 17.5 Å². The standard InChI is InChI=1S/C16H21FN2O2/c1-10-8-11(17)9-12-13(10)19(15(21)14(12)20)7-5-6-18-16(2,3)4/h8-9,18H,5-7H2,1-4H3. The molecular weight excluding hydrogens is 271 g/mol. The molecule has 1 N–H and O–H groups in total. The number of carbonyl (C=O) groups is 2. The van der Waals surface area contributed by atoms with Crippen LogP contribution in [-0.4, -0.2) is 30.3 Å². The van der Waals surface area contributed by atoms with Crippen LogP contribution in [0.2, 0.25) is 0 Å². The van der Waals surface area contributed by atoms with E-state index >= 15 is 0 Å². The molecule has 0 atom stereocenters. The largest absolute Gasteiger partial charge is 0.312 e. The zero-order chi connectivity index (χ0) is 15.8. The molecular formula is C16H21FN2O2. The quantitative estimate of drug-likeness (QED) is 0.685. The van der Waals surface area contributed by atoms with Gasteiger partial charge in [-0.3, -0.25) is 9.59 Å². The van der Waals surface area contributed by atoms with Crippen LogP contribution in [0.15, 0.2) is 12.1 Å². The van der Waals surface area contributed by atoms with Crippen LogP contribution in [0, 0.1) is 12.7 Å². The summed E-state index contributed by atoms with van der Waals surface area (Å²) in [5.74, 6) is -1.66. The third kappa shape index (κ3) is 3.29. The minimum Gasteiger partial charge on any atom is -0.312 e. The normalized spacial score (nSPS) is 14.8. The molecule has 0 unspecified atom stereocenters. The summed E-state index contributed by atoms with van der Waals surface area (Å²) in [4.78, 5) is 25.4. The maximum Gasteiger partial charge on any atom is 0.299 e. The highest BCUT2D eigenvalue weighted by molar-refractivity contribution is 6.52. The first-order valence-electron chi connectivity index (χ1n) is 7.12. The molecule has 1 amide bonds. The minimum absolute atomic E-state index is 0.0157. The van der Waals surface area contributed by atoms with Gasteiger partial charge in [0.2, 0.25) is 0 Å². The molecule has 0 saturated heterocycles. The van der Waals surface area contributed by atoms with Gasteiger partial charge in [-0.25, -0.2) is 4.39 Å². The molecule has 1 aliphatic heterocycles. The van der Waals surface area contributed by atoms with E-state index in [2.05, 4.69) is 26.1 Å². The van der Waals surface area contributed by atoms with Crippen LogP contribution in [0.3, 0.4) is 0 Å². The van der Waals surface area contributed by atoms with Crippen molar-refractivity contribution < 1.29 is 14.0 Å². The zero-order valence-corrected chi connectivity index (χ0v) is 12.9. The molecule has 0 saturated carbocycles. The Kier molecular flexibility index (Phi) is 4.14. The monoisotopic (exact) mass is 292 g/mol. The molecule has 2 rings (SSSR count). The maximum absolute atomic E-state index is 13.4. The van der Waals surface area contributed by atoms with Crippen molar-refractivity contribution in [1.82, 2.24) is 5.32 Å². The summed E-state index contributed by atoms with van der Waals surface area (Å²) < 4.78 is 13.4. The van der Waals surface area contributed by atoms with Gasteiger partial charge in [0.05, 0.1) is 11.3 Å². The molecule has 1 aliphatic rings. The number of amides is 1. The summed E-state index contributed by atoms with van der Waals surface area (Å²) >= 11 is 0. The highest BCUT2D eigenvalue weighted by Crippen LogP contribution is 2.33. The van der Waals surface area contributed by atoms with Crippen molar-refractivity contribution in [1.29, 1.82) is 0 Å². The third-order valence-electron chi connectivity index (χ3n) is 3.43. The first-order valence-corrected chi connectivity index (χ1v) is 7.12. The summed E-state index contributed by atoms with van der Waals surface area (Å²) in [6.45, 7) is 9.12. The van der Waals surface area contributed by atoms with Gasteiger partial charge in [0.25, 0.3) is 11.7 Å². The van der Waals surface area contributed by atoms with E-state index in [1.54, 1.807) is 6.92 Å². The Balaban J connectivity index is 2.12. The molecule has 1 heterocycles. The number of hydrogen-bond acceptors (Lipinski definition) is 3. The molecule has 21 heavy (non-hydrogen) atoms. The van der Waals surface area contributed by atoms with E-state index in [0.29, 0.717) is 17.8 Å². The predicted octanol–water partition coefficient (Wildman–Crippen LogP) is 2.44. The molecule has 1 aromatic rings. The van der Waals surface area contributed by atoms with Gasteiger partial charge < -0.3 is 10.2 Å². The van der Waals surface area contributed by atoms with Gasteiger partial charge in [-0.15, -0.1) is 0 Å². The Hall–Kier alpha value is -1.75.